The summed E-state index contributed by atoms with van der Waals surface area (Å²) in [6.07, 6.45) is 5.37. The number of hydrogen-bond acceptors (Lipinski definition) is 5. The summed E-state index contributed by atoms with van der Waals surface area (Å²) in [6.45, 7) is 2.15. The monoisotopic (exact) mass is 440 g/mol. The Morgan fingerprint density at radius 1 is 1.07 bits per heavy atom. The number of aromatic amines is 1. The number of nitrogens with zero attached hydrogens (tertiary/aromatic N) is 3. The zero-order valence-corrected chi connectivity index (χ0v) is 17.8. The van der Waals surface area contributed by atoms with Gasteiger partial charge in [-0.05, 0) is 79.1 Å². The van der Waals surface area contributed by atoms with E-state index < -0.39 is 5.97 Å². The molecule has 6 nitrogen and oxygen atoms in total. The van der Waals surface area contributed by atoms with Crippen LogP contribution in [0.2, 0.25) is 5.02 Å². The Labute approximate surface area is 184 Å². The summed E-state index contributed by atoms with van der Waals surface area (Å²) in [4.78, 5) is 18.7. The number of thioether (sulfide) groups is 1. The molecule has 0 atom stereocenters. The number of anilines is 1. The molecule has 0 spiro atoms. The first-order valence-electron chi connectivity index (χ1n) is 9.75. The second kappa shape index (κ2) is 9.36. The van der Waals surface area contributed by atoms with E-state index in [0.29, 0.717) is 16.0 Å². The molecule has 2 aromatic carbocycles. The Kier molecular flexibility index (Phi) is 6.40. The van der Waals surface area contributed by atoms with Crippen molar-refractivity contribution < 1.29 is 9.90 Å². The van der Waals surface area contributed by atoms with Crippen LogP contribution in [0.25, 0.3) is 17.5 Å². The molecule has 1 fully saturated rings. The van der Waals surface area contributed by atoms with Crippen molar-refractivity contribution in [3.8, 4) is 11.4 Å². The molecule has 0 unspecified atom stereocenters. The highest BCUT2D eigenvalue weighted by atomic mass is 35.5. The molecule has 2 heterocycles. The van der Waals surface area contributed by atoms with Crippen molar-refractivity contribution in [3.05, 3.63) is 64.0 Å². The fourth-order valence-electron chi connectivity index (χ4n) is 3.35. The van der Waals surface area contributed by atoms with Crippen LogP contribution in [-0.2, 0) is 4.79 Å². The third-order valence-electron chi connectivity index (χ3n) is 4.91. The molecule has 0 radical (unpaired) electrons. The zero-order valence-electron chi connectivity index (χ0n) is 16.2. The number of hydrogen-bond donors (Lipinski definition) is 2. The van der Waals surface area contributed by atoms with Crippen molar-refractivity contribution in [2.24, 2.45) is 0 Å². The molecule has 1 aliphatic rings. The molecule has 154 valence electrons. The van der Waals surface area contributed by atoms with Crippen LogP contribution in [0.3, 0.4) is 0 Å². The van der Waals surface area contributed by atoms with Gasteiger partial charge in [-0.15, -0.1) is 5.10 Å². The number of aliphatic carboxylic acids is 1. The lowest BCUT2D eigenvalue weighted by atomic mass is 10.1. The summed E-state index contributed by atoms with van der Waals surface area (Å²) >= 11 is 6.93. The van der Waals surface area contributed by atoms with Crippen LogP contribution in [0.4, 0.5) is 5.69 Å². The Hall–Kier alpha value is -2.77. The van der Waals surface area contributed by atoms with Gasteiger partial charge in [0.25, 0.3) is 0 Å². The molecule has 8 heteroatoms. The molecule has 0 bridgehead atoms. The highest BCUT2D eigenvalue weighted by Crippen LogP contribution is 2.28. The molecule has 2 N–H and O–H groups in total. The summed E-state index contributed by atoms with van der Waals surface area (Å²) in [5.74, 6) is -0.456. The maximum Gasteiger partial charge on any atom is 0.342 e. The molecule has 0 amide bonds. The van der Waals surface area contributed by atoms with Gasteiger partial charge in [0.2, 0.25) is 5.16 Å². The number of carboxylic acid groups (broad SMARTS) is 1. The van der Waals surface area contributed by atoms with Crippen molar-refractivity contribution >= 4 is 41.1 Å². The van der Waals surface area contributed by atoms with Gasteiger partial charge in [0.1, 0.15) is 4.91 Å². The smallest absolute Gasteiger partial charge is 0.342 e. The molecule has 0 saturated carbocycles. The molecule has 3 aromatic rings. The van der Waals surface area contributed by atoms with E-state index in [1.807, 2.05) is 36.4 Å². The second-order valence-electron chi connectivity index (χ2n) is 7.03. The second-order valence-corrected chi connectivity index (χ2v) is 8.47. The zero-order chi connectivity index (χ0) is 20.9. The van der Waals surface area contributed by atoms with Crippen molar-refractivity contribution in [1.82, 2.24) is 15.2 Å². The van der Waals surface area contributed by atoms with Crippen molar-refractivity contribution in [1.29, 1.82) is 0 Å². The summed E-state index contributed by atoms with van der Waals surface area (Å²) in [5.41, 5.74) is 2.83. The summed E-state index contributed by atoms with van der Waals surface area (Å²) < 4.78 is 0. The lowest BCUT2D eigenvalue weighted by molar-refractivity contribution is -0.131. The van der Waals surface area contributed by atoms with Crippen LogP contribution in [0.15, 0.2) is 58.6 Å². The Morgan fingerprint density at radius 2 is 1.77 bits per heavy atom. The van der Waals surface area contributed by atoms with E-state index in [-0.39, 0.29) is 4.91 Å². The SMILES string of the molecule is O=C(O)/C(=C\c1ccc(N2CCCCC2)cc1)Sc1n[nH]c(-c2ccc(Cl)cc2)n1. The van der Waals surface area contributed by atoms with Gasteiger partial charge in [-0.2, -0.15) is 0 Å². The Bertz CT molecular complexity index is 1040. The third-order valence-corrected chi connectivity index (χ3v) is 6.04. The predicted molar refractivity (Wildman–Crippen MR) is 121 cm³/mol. The van der Waals surface area contributed by atoms with E-state index in [1.54, 1.807) is 18.2 Å². The fraction of sp³-hybridized carbons (Fsp3) is 0.227. The van der Waals surface area contributed by atoms with E-state index in [1.165, 1.54) is 24.9 Å². The third kappa shape index (κ3) is 5.04. The van der Waals surface area contributed by atoms with Gasteiger partial charge in [-0.25, -0.2) is 9.78 Å². The average molecular weight is 441 g/mol. The van der Waals surface area contributed by atoms with Gasteiger partial charge < -0.3 is 10.0 Å². The molecule has 1 aliphatic heterocycles. The molecular weight excluding hydrogens is 420 g/mol. The highest BCUT2D eigenvalue weighted by molar-refractivity contribution is 8.04. The fourth-order valence-corrected chi connectivity index (χ4v) is 4.18. The van der Waals surface area contributed by atoms with Crippen LogP contribution in [-0.4, -0.2) is 39.3 Å². The molecule has 1 aromatic heterocycles. The largest absolute Gasteiger partial charge is 0.477 e. The maximum absolute atomic E-state index is 11.8. The number of carbonyl (C=O) groups is 1. The van der Waals surface area contributed by atoms with Crippen molar-refractivity contribution in [2.45, 2.75) is 24.4 Å². The van der Waals surface area contributed by atoms with E-state index in [0.717, 1.165) is 36.0 Å². The number of carboxylic acids is 1. The van der Waals surface area contributed by atoms with Crippen LogP contribution in [0.5, 0.6) is 0 Å². The number of benzene rings is 2. The Morgan fingerprint density at radius 3 is 2.43 bits per heavy atom. The van der Waals surface area contributed by atoms with Crippen LogP contribution in [0.1, 0.15) is 24.8 Å². The minimum absolute atomic E-state index is 0.155. The number of H-pyrrole nitrogens is 1. The van der Waals surface area contributed by atoms with E-state index in [2.05, 4.69) is 20.1 Å². The maximum atomic E-state index is 11.8. The van der Waals surface area contributed by atoms with Gasteiger partial charge in [-0.3, -0.25) is 5.10 Å². The minimum Gasteiger partial charge on any atom is -0.477 e. The lowest BCUT2D eigenvalue weighted by Gasteiger charge is -2.28. The number of halogens is 1. The highest BCUT2D eigenvalue weighted by Gasteiger charge is 2.15. The van der Waals surface area contributed by atoms with Gasteiger partial charge in [0, 0.05) is 29.4 Å². The summed E-state index contributed by atoms with van der Waals surface area (Å²) in [6, 6.07) is 15.2. The summed E-state index contributed by atoms with van der Waals surface area (Å²) in [5, 5.41) is 17.6. The van der Waals surface area contributed by atoms with Crippen LogP contribution < -0.4 is 4.90 Å². The Balaban J connectivity index is 1.49. The van der Waals surface area contributed by atoms with Gasteiger partial charge in [0.05, 0.1) is 0 Å². The molecular formula is C22H21ClN4O2S. The number of nitrogens with one attached hydrogen (secondary N) is 1. The topological polar surface area (TPSA) is 82.1 Å². The quantitative estimate of drug-likeness (QED) is 0.398. The van der Waals surface area contributed by atoms with Gasteiger partial charge >= 0.3 is 5.97 Å². The van der Waals surface area contributed by atoms with Gasteiger partial charge in [-0.1, -0.05) is 23.7 Å². The van der Waals surface area contributed by atoms with E-state index >= 15 is 0 Å². The minimum atomic E-state index is -1.02. The molecule has 1 saturated heterocycles. The van der Waals surface area contributed by atoms with Crippen molar-refractivity contribution in [2.75, 3.05) is 18.0 Å². The van der Waals surface area contributed by atoms with E-state index in [9.17, 15) is 9.90 Å². The number of aromatic nitrogens is 3. The molecule has 4 rings (SSSR count). The standard InChI is InChI=1S/C22H21ClN4O2S/c23-17-8-6-16(7-9-17)20-24-22(26-25-20)30-19(21(28)29)14-15-4-10-18(11-5-15)27-12-2-1-3-13-27/h4-11,14H,1-3,12-13H2,(H,28,29)(H,24,25,26)/b19-14+. The number of piperidine rings is 1. The van der Waals surface area contributed by atoms with Crippen LogP contribution >= 0.6 is 23.4 Å². The first-order chi connectivity index (χ1) is 14.6. The van der Waals surface area contributed by atoms with Crippen LogP contribution in [0, 0.1) is 0 Å². The molecule has 0 aliphatic carbocycles. The normalized spacial score (nSPS) is 14.7. The van der Waals surface area contributed by atoms with Gasteiger partial charge in [0.15, 0.2) is 5.82 Å². The first-order valence-corrected chi connectivity index (χ1v) is 10.9. The lowest BCUT2D eigenvalue weighted by Crippen LogP contribution is -2.29. The average Bonchev–Trinajstić information content (AvgIpc) is 3.23. The summed E-state index contributed by atoms with van der Waals surface area (Å²) in [7, 11) is 0. The predicted octanol–water partition coefficient (Wildman–Crippen LogP) is 5.33. The number of rotatable bonds is 6. The van der Waals surface area contributed by atoms with Crippen molar-refractivity contribution in [3.63, 3.8) is 0 Å². The van der Waals surface area contributed by atoms with E-state index in [4.69, 9.17) is 11.6 Å². The molecule has 30 heavy (non-hydrogen) atoms. The first kappa shape index (κ1) is 20.5.